The number of ether oxygens (including phenoxy) is 1. The van der Waals surface area contributed by atoms with Gasteiger partial charge in [0.1, 0.15) is 11.9 Å². The molecule has 0 aliphatic heterocycles. The van der Waals surface area contributed by atoms with Gasteiger partial charge >= 0.3 is 5.97 Å². The van der Waals surface area contributed by atoms with Crippen molar-refractivity contribution in [3.8, 4) is 0 Å². The summed E-state index contributed by atoms with van der Waals surface area (Å²) in [6.45, 7) is 4.27. The molecule has 21 heavy (non-hydrogen) atoms. The number of rotatable bonds is 10. The SMILES string of the molecule is CCOC(=O)C(C)(CCCCSc1ncns1)NC1CC1. The maximum atomic E-state index is 12.2. The molecule has 0 bridgehead atoms. The summed E-state index contributed by atoms with van der Waals surface area (Å²) in [7, 11) is 0. The van der Waals surface area contributed by atoms with Crippen LogP contribution in [0, 0.1) is 0 Å². The average molecular weight is 329 g/mol. The van der Waals surface area contributed by atoms with Crippen LogP contribution in [0.25, 0.3) is 0 Å². The number of carbonyl (C=O) groups is 1. The highest BCUT2D eigenvalue weighted by Crippen LogP contribution is 2.27. The Balaban J connectivity index is 1.71. The molecule has 1 saturated carbocycles. The minimum Gasteiger partial charge on any atom is -0.465 e. The first-order chi connectivity index (χ1) is 10.1. The zero-order chi connectivity index (χ0) is 15.1. The first-order valence-electron chi connectivity index (χ1n) is 7.48. The van der Waals surface area contributed by atoms with Crippen molar-refractivity contribution in [1.82, 2.24) is 14.7 Å². The summed E-state index contributed by atoms with van der Waals surface area (Å²) >= 11 is 3.16. The van der Waals surface area contributed by atoms with Gasteiger partial charge in [-0.1, -0.05) is 18.2 Å². The van der Waals surface area contributed by atoms with Crippen LogP contribution < -0.4 is 5.32 Å². The van der Waals surface area contributed by atoms with Crippen LogP contribution in [0.15, 0.2) is 10.7 Å². The Morgan fingerprint density at radius 3 is 3.00 bits per heavy atom. The van der Waals surface area contributed by atoms with Gasteiger partial charge < -0.3 is 4.74 Å². The van der Waals surface area contributed by atoms with Crippen LogP contribution in [-0.4, -0.2) is 39.3 Å². The summed E-state index contributed by atoms with van der Waals surface area (Å²) < 4.78 is 10.2. The van der Waals surface area contributed by atoms with Gasteiger partial charge in [-0.2, -0.15) is 4.37 Å². The molecule has 5 nitrogen and oxygen atoms in total. The van der Waals surface area contributed by atoms with Gasteiger partial charge in [-0.25, -0.2) is 4.98 Å². The van der Waals surface area contributed by atoms with E-state index in [-0.39, 0.29) is 5.97 Å². The summed E-state index contributed by atoms with van der Waals surface area (Å²) in [6, 6.07) is 0.496. The molecule has 0 radical (unpaired) electrons. The molecule has 1 aliphatic rings. The second-order valence-electron chi connectivity index (χ2n) is 5.48. The fourth-order valence-electron chi connectivity index (χ4n) is 2.17. The second-order valence-corrected chi connectivity index (χ2v) is 7.61. The van der Waals surface area contributed by atoms with Gasteiger partial charge in [-0.05, 0) is 51.1 Å². The largest absolute Gasteiger partial charge is 0.465 e. The zero-order valence-electron chi connectivity index (χ0n) is 12.6. The van der Waals surface area contributed by atoms with Crippen LogP contribution in [0.2, 0.25) is 0 Å². The van der Waals surface area contributed by atoms with Crippen LogP contribution >= 0.6 is 23.3 Å². The van der Waals surface area contributed by atoms with Crippen LogP contribution in [0.5, 0.6) is 0 Å². The third kappa shape index (κ3) is 5.56. The molecule has 0 spiro atoms. The lowest BCUT2D eigenvalue weighted by Crippen LogP contribution is -2.51. The van der Waals surface area contributed by atoms with E-state index in [4.69, 9.17) is 4.74 Å². The fraction of sp³-hybridized carbons (Fsp3) is 0.786. The van der Waals surface area contributed by atoms with E-state index >= 15 is 0 Å². The van der Waals surface area contributed by atoms with Gasteiger partial charge in [-0.3, -0.25) is 10.1 Å². The van der Waals surface area contributed by atoms with E-state index in [1.54, 1.807) is 18.1 Å². The zero-order valence-corrected chi connectivity index (χ0v) is 14.3. The number of nitrogens with zero attached hydrogens (tertiary/aromatic N) is 2. The van der Waals surface area contributed by atoms with Crippen LogP contribution in [0.1, 0.15) is 46.0 Å². The molecular formula is C14H23N3O2S2. The summed E-state index contributed by atoms with van der Waals surface area (Å²) in [4.78, 5) is 16.3. The number of esters is 1. The molecular weight excluding hydrogens is 306 g/mol. The highest BCUT2D eigenvalue weighted by molar-refractivity contribution is 8.00. The van der Waals surface area contributed by atoms with E-state index in [1.807, 2.05) is 13.8 Å². The third-order valence-electron chi connectivity index (χ3n) is 3.46. The van der Waals surface area contributed by atoms with Crippen molar-refractivity contribution in [3.63, 3.8) is 0 Å². The molecule has 1 aromatic heterocycles. The topological polar surface area (TPSA) is 64.1 Å². The lowest BCUT2D eigenvalue weighted by molar-refractivity contribution is -0.151. The Bertz CT molecular complexity index is 437. The van der Waals surface area contributed by atoms with E-state index in [9.17, 15) is 4.79 Å². The quantitative estimate of drug-likeness (QED) is 0.404. The third-order valence-corrected chi connectivity index (χ3v) is 5.35. The van der Waals surface area contributed by atoms with Gasteiger partial charge in [0, 0.05) is 11.8 Å². The molecule has 2 rings (SSSR count). The molecule has 1 unspecified atom stereocenters. The number of hydrogen-bond donors (Lipinski definition) is 1. The highest BCUT2D eigenvalue weighted by Gasteiger charge is 2.38. The maximum absolute atomic E-state index is 12.2. The number of thioether (sulfide) groups is 1. The van der Waals surface area contributed by atoms with Gasteiger partial charge in [0.2, 0.25) is 0 Å². The monoisotopic (exact) mass is 329 g/mol. The Morgan fingerprint density at radius 1 is 1.57 bits per heavy atom. The Kier molecular flexibility index (Phi) is 6.44. The molecule has 1 heterocycles. The summed E-state index contributed by atoms with van der Waals surface area (Å²) in [5, 5.41) is 3.45. The minimum absolute atomic E-state index is 0.117. The predicted octanol–water partition coefficient (Wildman–Crippen LogP) is 2.87. The van der Waals surface area contributed by atoms with E-state index < -0.39 is 5.54 Å². The average Bonchev–Trinajstić information content (AvgIpc) is 3.11. The highest BCUT2D eigenvalue weighted by atomic mass is 32.2. The van der Waals surface area contributed by atoms with Crippen LogP contribution in [0.4, 0.5) is 0 Å². The second kappa shape index (κ2) is 8.10. The molecule has 0 aromatic carbocycles. The van der Waals surface area contributed by atoms with E-state index in [2.05, 4.69) is 14.7 Å². The molecule has 0 saturated heterocycles. The smallest absolute Gasteiger partial charge is 0.326 e. The lowest BCUT2D eigenvalue weighted by Gasteiger charge is -2.28. The number of aromatic nitrogens is 2. The van der Waals surface area contributed by atoms with Crippen molar-refractivity contribution < 1.29 is 9.53 Å². The summed E-state index contributed by atoms with van der Waals surface area (Å²) in [5.41, 5.74) is -0.537. The number of unbranched alkanes of at least 4 members (excludes halogenated alkanes) is 1. The Hall–Kier alpha value is -0.660. The molecule has 7 heteroatoms. The molecule has 0 amide bonds. The van der Waals surface area contributed by atoms with Crippen LogP contribution in [-0.2, 0) is 9.53 Å². The molecule has 118 valence electrons. The van der Waals surface area contributed by atoms with E-state index in [0.717, 1.165) is 29.4 Å². The number of carbonyl (C=O) groups excluding carboxylic acids is 1. The van der Waals surface area contributed by atoms with Gasteiger partial charge in [0.25, 0.3) is 0 Å². The predicted molar refractivity (Wildman–Crippen MR) is 85.7 cm³/mol. The van der Waals surface area contributed by atoms with Gasteiger partial charge in [0.05, 0.1) is 6.61 Å². The molecule has 1 aliphatic carbocycles. The summed E-state index contributed by atoms with van der Waals surface area (Å²) in [5.74, 6) is 0.894. The van der Waals surface area contributed by atoms with Crippen molar-refractivity contribution in [2.45, 2.75) is 61.9 Å². The van der Waals surface area contributed by atoms with E-state index in [0.29, 0.717) is 12.6 Å². The first-order valence-corrected chi connectivity index (χ1v) is 9.24. The molecule has 1 atom stereocenters. The van der Waals surface area contributed by atoms with Crippen molar-refractivity contribution in [3.05, 3.63) is 6.33 Å². The lowest BCUT2D eigenvalue weighted by atomic mass is 9.94. The molecule has 1 fully saturated rings. The number of hydrogen-bond acceptors (Lipinski definition) is 7. The van der Waals surface area contributed by atoms with Crippen molar-refractivity contribution in [1.29, 1.82) is 0 Å². The molecule has 1 aromatic rings. The maximum Gasteiger partial charge on any atom is 0.326 e. The molecule has 1 N–H and O–H groups in total. The van der Waals surface area contributed by atoms with Crippen molar-refractivity contribution >= 4 is 29.3 Å². The normalized spacial score (nSPS) is 17.4. The Morgan fingerprint density at radius 2 is 2.38 bits per heavy atom. The van der Waals surface area contributed by atoms with Crippen molar-refractivity contribution in [2.24, 2.45) is 0 Å². The van der Waals surface area contributed by atoms with Crippen molar-refractivity contribution in [2.75, 3.05) is 12.4 Å². The van der Waals surface area contributed by atoms with Gasteiger partial charge in [0.15, 0.2) is 4.34 Å². The first kappa shape index (κ1) is 16.7. The fourth-order valence-corrected chi connectivity index (χ4v) is 3.68. The van der Waals surface area contributed by atoms with Gasteiger partial charge in [-0.15, -0.1) is 0 Å². The standard InChI is InChI=1S/C14H23N3O2S2/c1-3-19-12(18)14(2,17-11-6-7-11)8-4-5-9-20-13-15-10-16-21-13/h10-11,17H,3-9H2,1-2H3. The van der Waals surface area contributed by atoms with Crippen LogP contribution in [0.3, 0.4) is 0 Å². The Labute approximate surface area is 134 Å². The number of nitrogens with one attached hydrogen (secondary N) is 1. The minimum atomic E-state index is -0.537. The summed E-state index contributed by atoms with van der Waals surface area (Å²) in [6.07, 6.45) is 6.81. The van der Waals surface area contributed by atoms with E-state index in [1.165, 1.54) is 24.4 Å².